The number of carbonyl (C=O) groups excluding carboxylic acids is 1. The van der Waals surface area contributed by atoms with Crippen molar-refractivity contribution in [1.29, 1.82) is 0 Å². The standard InChI is InChI=1S/C11H13FO4/c1-2-16-11(15)10(14)9(13)7-3-5-8(12)6-4-7/h3-6,9-10,13-14H,2H2,1H3/t9-,10-/m1/s1. The molecule has 0 amide bonds. The number of halogens is 1. The van der Waals surface area contributed by atoms with Crippen LogP contribution in [0.2, 0.25) is 0 Å². The van der Waals surface area contributed by atoms with Gasteiger partial charge in [0.1, 0.15) is 11.9 Å². The fourth-order valence-electron chi connectivity index (χ4n) is 1.20. The van der Waals surface area contributed by atoms with Crippen molar-refractivity contribution in [2.24, 2.45) is 0 Å². The van der Waals surface area contributed by atoms with E-state index in [-0.39, 0.29) is 12.2 Å². The summed E-state index contributed by atoms with van der Waals surface area (Å²) < 4.78 is 17.1. The number of esters is 1. The monoisotopic (exact) mass is 228 g/mol. The molecule has 0 spiro atoms. The third-order valence-corrected chi connectivity index (χ3v) is 2.04. The van der Waals surface area contributed by atoms with Crippen LogP contribution in [0.15, 0.2) is 24.3 Å². The molecular weight excluding hydrogens is 215 g/mol. The van der Waals surface area contributed by atoms with Gasteiger partial charge in [0.2, 0.25) is 0 Å². The molecule has 0 bridgehead atoms. The van der Waals surface area contributed by atoms with E-state index in [1.165, 1.54) is 12.1 Å². The summed E-state index contributed by atoms with van der Waals surface area (Å²) in [6.07, 6.45) is -3.08. The first-order chi connectivity index (χ1) is 7.56. The molecule has 0 radical (unpaired) electrons. The highest BCUT2D eigenvalue weighted by atomic mass is 19.1. The molecule has 5 heteroatoms. The molecule has 2 atom stereocenters. The molecule has 0 aliphatic rings. The lowest BCUT2D eigenvalue weighted by Gasteiger charge is -2.16. The van der Waals surface area contributed by atoms with Gasteiger partial charge >= 0.3 is 5.97 Å². The van der Waals surface area contributed by atoms with E-state index in [1.807, 2.05) is 0 Å². The van der Waals surface area contributed by atoms with Gasteiger partial charge in [0.25, 0.3) is 0 Å². The van der Waals surface area contributed by atoms with E-state index in [0.717, 1.165) is 12.1 Å². The third-order valence-electron chi connectivity index (χ3n) is 2.04. The Bertz CT molecular complexity index is 350. The van der Waals surface area contributed by atoms with Crippen molar-refractivity contribution in [2.45, 2.75) is 19.1 Å². The van der Waals surface area contributed by atoms with Crippen molar-refractivity contribution in [3.63, 3.8) is 0 Å². The Morgan fingerprint density at radius 3 is 2.44 bits per heavy atom. The molecule has 4 nitrogen and oxygen atoms in total. The number of aliphatic hydroxyl groups excluding tert-OH is 2. The third kappa shape index (κ3) is 3.01. The van der Waals surface area contributed by atoms with Crippen LogP contribution in [-0.2, 0) is 9.53 Å². The van der Waals surface area contributed by atoms with Crippen LogP contribution in [0.1, 0.15) is 18.6 Å². The highest BCUT2D eigenvalue weighted by Gasteiger charge is 2.26. The van der Waals surface area contributed by atoms with Gasteiger partial charge in [-0.05, 0) is 24.6 Å². The van der Waals surface area contributed by atoms with Gasteiger partial charge in [-0.1, -0.05) is 12.1 Å². The summed E-state index contributed by atoms with van der Waals surface area (Å²) in [5, 5.41) is 19.0. The van der Waals surface area contributed by atoms with Gasteiger partial charge < -0.3 is 14.9 Å². The molecule has 1 aromatic rings. The fraction of sp³-hybridized carbons (Fsp3) is 0.364. The van der Waals surface area contributed by atoms with E-state index in [1.54, 1.807) is 6.92 Å². The van der Waals surface area contributed by atoms with E-state index in [9.17, 15) is 19.4 Å². The minimum absolute atomic E-state index is 0.117. The summed E-state index contributed by atoms with van der Waals surface area (Å²) in [6.45, 7) is 1.71. The Morgan fingerprint density at radius 1 is 1.38 bits per heavy atom. The number of hydrogen-bond acceptors (Lipinski definition) is 4. The number of benzene rings is 1. The maximum atomic E-state index is 12.6. The van der Waals surface area contributed by atoms with Gasteiger partial charge in [-0.15, -0.1) is 0 Å². The first-order valence-electron chi connectivity index (χ1n) is 4.84. The Hall–Kier alpha value is -1.46. The number of hydrogen-bond donors (Lipinski definition) is 2. The predicted octanol–water partition coefficient (Wildman–Crippen LogP) is 0.783. The first kappa shape index (κ1) is 12.6. The van der Waals surface area contributed by atoms with Crippen LogP contribution in [-0.4, -0.2) is 28.9 Å². The second-order valence-electron chi connectivity index (χ2n) is 3.19. The van der Waals surface area contributed by atoms with E-state index in [2.05, 4.69) is 4.74 Å². The Morgan fingerprint density at radius 2 is 1.94 bits per heavy atom. The molecule has 0 aromatic heterocycles. The number of ether oxygens (including phenoxy) is 1. The van der Waals surface area contributed by atoms with Crippen molar-refractivity contribution >= 4 is 5.97 Å². The number of carbonyl (C=O) groups is 1. The van der Waals surface area contributed by atoms with Gasteiger partial charge in [-0.25, -0.2) is 9.18 Å². The highest BCUT2D eigenvalue weighted by molar-refractivity contribution is 5.75. The molecule has 0 saturated carbocycles. The molecule has 0 saturated heterocycles. The SMILES string of the molecule is CCOC(=O)[C@H](O)[C@H](O)c1ccc(F)cc1. The largest absolute Gasteiger partial charge is 0.464 e. The molecular formula is C11H13FO4. The summed E-state index contributed by atoms with van der Waals surface area (Å²) in [6, 6.07) is 4.86. The second-order valence-corrected chi connectivity index (χ2v) is 3.19. The average molecular weight is 228 g/mol. The summed E-state index contributed by atoms with van der Waals surface area (Å²) in [4.78, 5) is 11.1. The minimum Gasteiger partial charge on any atom is -0.464 e. The molecule has 16 heavy (non-hydrogen) atoms. The van der Waals surface area contributed by atoms with E-state index in [4.69, 9.17) is 0 Å². The zero-order chi connectivity index (χ0) is 12.1. The van der Waals surface area contributed by atoms with Crippen molar-refractivity contribution < 1.29 is 24.1 Å². The molecule has 88 valence electrons. The molecule has 0 heterocycles. The lowest BCUT2D eigenvalue weighted by Crippen LogP contribution is -2.29. The molecule has 1 rings (SSSR count). The van der Waals surface area contributed by atoms with Gasteiger partial charge in [0, 0.05) is 0 Å². The van der Waals surface area contributed by atoms with E-state index in [0.29, 0.717) is 0 Å². The topological polar surface area (TPSA) is 66.8 Å². The van der Waals surface area contributed by atoms with Crippen LogP contribution in [0.3, 0.4) is 0 Å². The number of aliphatic hydroxyl groups is 2. The molecule has 1 aromatic carbocycles. The maximum Gasteiger partial charge on any atom is 0.338 e. The van der Waals surface area contributed by atoms with Gasteiger partial charge in [-0.2, -0.15) is 0 Å². The van der Waals surface area contributed by atoms with Crippen molar-refractivity contribution in [3.8, 4) is 0 Å². The van der Waals surface area contributed by atoms with Crippen LogP contribution >= 0.6 is 0 Å². The molecule has 0 aliphatic carbocycles. The molecule has 0 fully saturated rings. The van der Waals surface area contributed by atoms with Gasteiger partial charge in [0.15, 0.2) is 6.10 Å². The Balaban J connectivity index is 2.73. The smallest absolute Gasteiger partial charge is 0.338 e. The second kappa shape index (κ2) is 5.58. The van der Waals surface area contributed by atoms with Crippen LogP contribution in [0.25, 0.3) is 0 Å². The van der Waals surface area contributed by atoms with Crippen LogP contribution < -0.4 is 0 Å². The average Bonchev–Trinajstić information content (AvgIpc) is 2.28. The summed E-state index contributed by atoms with van der Waals surface area (Å²) in [7, 11) is 0. The normalized spacial score (nSPS) is 14.2. The lowest BCUT2D eigenvalue weighted by molar-refractivity contribution is -0.159. The van der Waals surface area contributed by atoms with Crippen LogP contribution in [0.5, 0.6) is 0 Å². The maximum absolute atomic E-state index is 12.6. The first-order valence-corrected chi connectivity index (χ1v) is 4.84. The van der Waals surface area contributed by atoms with E-state index < -0.39 is 24.0 Å². The van der Waals surface area contributed by atoms with Crippen molar-refractivity contribution in [1.82, 2.24) is 0 Å². The quantitative estimate of drug-likeness (QED) is 0.747. The molecule has 2 N–H and O–H groups in total. The molecule has 0 aliphatic heterocycles. The fourth-order valence-corrected chi connectivity index (χ4v) is 1.20. The summed E-state index contributed by atoms with van der Waals surface area (Å²) in [5.74, 6) is -1.36. The number of rotatable bonds is 4. The van der Waals surface area contributed by atoms with Crippen molar-refractivity contribution in [3.05, 3.63) is 35.6 Å². The predicted molar refractivity (Wildman–Crippen MR) is 54.0 cm³/mol. The van der Waals surface area contributed by atoms with Crippen molar-refractivity contribution in [2.75, 3.05) is 6.61 Å². The summed E-state index contributed by atoms with van der Waals surface area (Å²) in [5.41, 5.74) is 0.252. The zero-order valence-corrected chi connectivity index (χ0v) is 8.76. The highest BCUT2D eigenvalue weighted by Crippen LogP contribution is 2.18. The lowest BCUT2D eigenvalue weighted by atomic mass is 10.0. The van der Waals surface area contributed by atoms with Gasteiger partial charge in [-0.3, -0.25) is 0 Å². The summed E-state index contributed by atoms with van der Waals surface area (Å²) >= 11 is 0. The van der Waals surface area contributed by atoms with E-state index >= 15 is 0 Å². The Kier molecular flexibility index (Phi) is 4.39. The Labute approximate surface area is 92.3 Å². The van der Waals surface area contributed by atoms with Gasteiger partial charge in [0.05, 0.1) is 6.61 Å². The van der Waals surface area contributed by atoms with Crippen LogP contribution in [0.4, 0.5) is 4.39 Å². The zero-order valence-electron chi connectivity index (χ0n) is 8.76. The minimum atomic E-state index is -1.66. The molecule has 0 unspecified atom stereocenters. The van der Waals surface area contributed by atoms with Crippen LogP contribution in [0, 0.1) is 5.82 Å².